The first-order valence-corrected chi connectivity index (χ1v) is 3.59. The highest BCUT2D eigenvalue weighted by molar-refractivity contribution is 5.77. The first kappa shape index (κ1) is 6.35. The minimum absolute atomic E-state index is 1.01. The van der Waals surface area contributed by atoms with Gasteiger partial charge in [-0.25, -0.2) is 0 Å². The van der Waals surface area contributed by atoms with E-state index in [1.54, 1.807) is 0 Å². The molecular formula is C10H8N. The van der Waals surface area contributed by atoms with Crippen molar-refractivity contribution in [3.63, 3.8) is 0 Å². The number of fused-ring (bicyclic) bond motifs is 1. The third-order valence-electron chi connectivity index (χ3n) is 1.64. The second-order valence-electron chi connectivity index (χ2n) is 2.62. The third-order valence-corrected chi connectivity index (χ3v) is 1.64. The Morgan fingerprint density at radius 3 is 3.27 bits per heavy atom. The van der Waals surface area contributed by atoms with E-state index in [1.165, 1.54) is 5.56 Å². The number of pyridine rings is 1. The SMILES string of the molecule is Cc1cnc2ccc[c]c2c1. The quantitative estimate of drug-likeness (QED) is 0.550. The summed E-state index contributed by atoms with van der Waals surface area (Å²) in [6.45, 7) is 2.04. The molecule has 0 aliphatic heterocycles. The molecule has 1 aromatic heterocycles. The molecular weight excluding hydrogens is 134 g/mol. The fourth-order valence-corrected chi connectivity index (χ4v) is 1.11. The van der Waals surface area contributed by atoms with E-state index in [9.17, 15) is 0 Å². The van der Waals surface area contributed by atoms with Gasteiger partial charge in [-0.1, -0.05) is 12.1 Å². The lowest BCUT2D eigenvalue weighted by molar-refractivity contribution is 1.33. The largest absolute Gasteiger partial charge is 0.256 e. The first-order chi connectivity index (χ1) is 5.36. The zero-order valence-corrected chi connectivity index (χ0v) is 6.33. The van der Waals surface area contributed by atoms with Crippen LogP contribution in [0, 0.1) is 13.0 Å². The zero-order valence-electron chi connectivity index (χ0n) is 6.33. The minimum Gasteiger partial charge on any atom is -0.256 e. The van der Waals surface area contributed by atoms with Crippen molar-refractivity contribution in [1.82, 2.24) is 4.98 Å². The molecule has 0 aliphatic carbocycles. The van der Waals surface area contributed by atoms with Gasteiger partial charge in [0.15, 0.2) is 0 Å². The Hall–Kier alpha value is -1.37. The van der Waals surface area contributed by atoms with Crippen LogP contribution in [0.3, 0.4) is 0 Å². The Kier molecular flexibility index (Phi) is 1.35. The standard InChI is InChI=1S/C10H8N/c1-8-6-9-4-2-3-5-10(9)11-7-8/h2-3,5-7H,1H3. The van der Waals surface area contributed by atoms with Gasteiger partial charge in [0.1, 0.15) is 0 Å². The van der Waals surface area contributed by atoms with E-state index in [2.05, 4.69) is 17.1 Å². The highest BCUT2D eigenvalue weighted by Crippen LogP contribution is 2.10. The van der Waals surface area contributed by atoms with Crippen LogP contribution >= 0.6 is 0 Å². The summed E-state index contributed by atoms with van der Waals surface area (Å²) >= 11 is 0. The molecule has 2 rings (SSSR count). The number of rotatable bonds is 0. The van der Waals surface area contributed by atoms with Gasteiger partial charge in [0.25, 0.3) is 0 Å². The molecule has 0 saturated carbocycles. The first-order valence-electron chi connectivity index (χ1n) is 3.59. The van der Waals surface area contributed by atoms with Crippen LogP contribution in [0.5, 0.6) is 0 Å². The van der Waals surface area contributed by atoms with Gasteiger partial charge in [-0.15, -0.1) is 0 Å². The van der Waals surface area contributed by atoms with Gasteiger partial charge in [0.05, 0.1) is 5.52 Å². The Labute approximate surface area is 65.7 Å². The highest BCUT2D eigenvalue weighted by atomic mass is 14.6. The lowest BCUT2D eigenvalue weighted by Crippen LogP contribution is -1.79. The topological polar surface area (TPSA) is 12.9 Å². The van der Waals surface area contributed by atoms with Crippen LogP contribution in [0.1, 0.15) is 5.56 Å². The predicted molar refractivity (Wildman–Crippen MR) is 45.3 cm³/mol. The van der Waals surface area contributed by atoms with Crippen molar-refractivity contribution in [2.24, 2.45) is 0 Å². The molecule has 0 bridgehead atoms. The second kappa shape index (κ2) is 2.35. The van der Waals surface area contributed by atoms with Crippen molar-refractivity contribution in [3.05, 3.63) is 42.1 Å². The molecule has 0 amide bonds. The summed E-state index contributed by atoms with van der Waals surface area (Å²) < 4.78 is 0. The van der Waals surface area contributed by atoms with Gasteiger partial charge in [0, 0.05) is 11.6 Å². The Bertz CT molecular complexity index is 379. The minimum atomic E-state index is 1.01. The summed E-state index contributed by atoms with van der Waals surface area (Å²) in [7, 11) is 0. The molecule has 0 aliphatic rings. The monoisotopic (exact) mass is 142 g/mol. The van der Waals surface area contributed by atoms with Crippen LogP contribution in [0.4, 0.5) is 0 Å². The normalized spacial score (nSPS) is 10.3. The number of hydrogen-bond donors (Lipinski definition) is 0. The molecule has 1 aromatic carbocycles. The average molecular weight is 142 g/mol. The Morgan fingerprint density at radius 1 is 1.45 bits per heavy atom. The lowest BCUT2D eigenvalue weighted by atomic mass is 10.2. The predicted octanol–water partition coefficient (Wildman–Crippen LogP) is 2.34. The molecule has 0 fully saturated rings. The van der Waals surface area contributed by atoms with Crippen LogP contribution in [0.25, 0.3) is 10.9 Å². The van der Waals surface area contributed by atoms with E-state index >= 15 is 0 Å². The summed E-state index contributed by atoms with van der Waals surface area (Å²) in [5.74, 6) is 0. The van der Waals surface area contributed by atoms with Gasteiger partial charge in [-0.2, -0.15) is 0 Å². The smallest absolute Gasteiger partial charge is 0.0708 e. The zero-order chi connectivity index (χ0) is 7.68. The molecule has 0 N–H and O–H groups in total. The summed E-state index contributed by atoms with van der Waals surface area (Å²) in [6, 6.07) is 11.1. The third kappa shape index (κ3) is 1.09. The van der Waals surface area contributed by atoms with Crippen molar-refractivity contribution in [2.45, 2.75) is 6.92 Å². The van der Waals surface area contributed by atoms with E-state index < -0.39 is 0 Å². The summed E-state index contributed by atoms with van der Waals surface area (Å²) in [5, 5.41) is 1.09. The number of hydrogen-bond acceptors (Lipinski definition) is 1. The number of benzene rings is 1. The summed E-state index contributed by atoms with van der Waals surface area (Å²) in [4.78, 5) is 4.25. The van der Waals surface area contributed by atoms with Gasteiger partial charge in [-0.3, -0.25) is 4.98 Å². The lowest BCUT2D eigenvalue weighted by Gasteiger charge is -1.95. The average Bonchev–Trinajstić information content (AvgIpc) is 2.04. The van der Waals surface area contributed by atoms with Gasteiger partial charge >= 0.3 is 0 Å². The van der Waals surface area contributed by atoms with Crippen LogP contribution < -0.4 is 0 Å². The molecule has 1 heteroatoms. The fourth-order valence-electron chi connectivity index (χ4n) is 1.11. The Balaban J connectivity index is 2.83. The fraction of sp³-hybridized carbons (Fsp3) is 0.100. The molecule has 1 heterocycles. The van der Waals surface area contributed by atoms with E-state index in [0.717, 1.165) is 10.9 Å². The molecule has 2 aromatic rings. The molecule has 1 nitrogen and oxygen atoms in total. The molecule has 1 radical (unpaired) electrons. The highest BCUT2D eigenvalue weighted by Gasteiger charge is 1.91. The van der Waals surface area contributed by atoms with Gasteiger partial charge < -0.3 is 0 Å². The summed E-state index contributed by atoms with van der Waals surface area (Å²) in [6.07, 6.45) is 1.87. The van der Waals surface area contributed by atoms with E-state index in [0.29, 0.717) is 0 Å². The summed E-state index contributed by atoms with van der Waals surface area (Å²) in [5.41, 5.74) is 2.19. The maximum absolute atomic E-state index is 4.25. The van der Waals surface area contributed by atoms with E-state index in [4.69, 9.17) is 0 Å². The van der Waals surface area contributed by atoms with Gasteiger partial charge in [0.2, 0.25) is 0 Å². The van der Waals surface area contributed by atoms with Crippen molar-refractivity contribution in [1.29, 1.82) is 0 Å². The molecule has 0 saturated heterocycles. The van der Waals surface area contributed by atoms with Crippen LogP contribution in [0.15, 0.2) is 30.5 Å². The molecule has 0 unspecified atom stereocenters. The van der Waals surface area contributed by atoms with Gasteiger partial charge in [-0.05, 0) is 30.7 Å². The van der Waals surface area contributed by atoms with Crippen LogP contribution in [0.2, 0.25) is 0 Å². The van der Waals surface area contributed by atoms with E-state index in [1.807, 2.05) is 31.3 Å². The Morgan fingerprint density at radius 2 is 2.36 bits per heavy atom. The maximum atomic E-state index is 4.25. The number of nitrogens with zero attached hydrogens (tertiary/aromatic N) is 1. The second-order valence-corrected chi connectivity index (χ2v) is 2.62. The molecule has 0 spiro atoms. The van der Waals surface area contributed by atoms with Crippen LogP contribution in [-0.2, 0) is 0 Å². The number of aromatic nitrogens is 1. The van der Waals surface area contributed by atoms with Crippen molar-refractivity contribution in [3.8, 4) is 0 Å². The molecule has 0 atom stereocenters. The molecule has 11 heavy (non-hydrogen) atoms. The molecule has 53 valence electrons. The van der Waals surface area contributed by atoms with Crippen molar-refractivity contribution in [2.75, 3.05) is 0 Å². The van der Waals surface area contributed by atoms with E-state index in [-0.39, 0.29) is 0 Å². The van der Waals surface area contributed by atoms with Crippen molar-refractivity contribution >= 4 is 10.9 Å². The van der Waals surface area contributed by atoms with Crippen LogP contribution in [-0.4, -0.2) is 4.98 Å². The van der Waals surface area contributed by atoms with Crippen molar-refractivity contribution < 1.29 is 0 Å². The number of aryl methyl sites for hydroxylation is 1. The maximum Gasteiger partial charge on any atom is 0.0708 e.